The molecule has 0 aromatic heterocycles. The standard InChI is InChI=1S/C12H21N.C2H2O4/c1-10-3-9-4-11(2,6-10)8-12(13,5-9)7-10;3-1(4)2(5)6/h9H,3-8,13H2,1-2H3;(H,3,4)(H,5,6). The average Bonchev–Trinajstić information content (AvgIpc) is 2.09. The van der Waals surface area contributed by atoms with Gasteiger partial charge in [0.05, 0.1) is 0 Å². The van der Waals surface area contributed by atoms with E-state index in [9.17, 15) is 0 Å². The Kier molecular flexibility index (Phi) is 3.16. The minimum absolute atomic E-state index is 0.225. The van der Waals surface area contributed by atoms with E-state index in [1.54, 1.807) is 0 Å². The molecule has 4 bridgehead atoms. The predicted molar refractivity (Wildman–Crippen MR) is 69.6 cm³/mol. The number of aliphatic carboxylic acids is 2. The van der Waals surface area contributed by atoms with Crippen molar-refractivity contribution in [2.75, 3.05) is 0 Å². The monoisotopic (exact) mass is 269 g/mol. The highest BCUT2D eigenvalue weighted by atomic mass is 16.4. The number of hydrogen-bond acceptors (Lipinski definition) is 3. The highest BCUT2D eigenvalue weighted by Crippen LogP contribution is 2.65. The summed E-state index contributed by atoms with van der Waals surface area (Å²) in [4.78, 5) is 18.2. The van der Waals surface area contributed by atoms with Gasteiger partial charge in [0.1, 0.15) is 0 Å². The van der Waals surface area contributed by atoms with Crippen molar-refractivity contribution in [2.45, 2.75) is 57.9 Å². The minimum Gasteiger partial charge on any atom is -0.473 e. The Bertz CT molecular complexity index is 357. The summed E-state index contributed by atoms with van der Waals surface area (Å²) in [5.41, 5.74) is 7.92. The third-order valence-corrected chi connectivity index (χ3v) is 4.85. The van der Waals surface area contributed by atoms with Gasteiger partial charge < -0.3 is 15.9 Å². The third-order valence-electron chi connectivity index (χ3n) is 4.85. The molecule has 4 fully saturated rings. The fraction of sp³-hybridized carbons (Fsp3) is 0.857. The maximum absolute atomic E-state index is 9.10. The molecule has 19 heavy (non-hydrogen) atoms. The topological polar surface area (TPSA) is 101 Å². The van der Waals surface area contributed by atoms with Crippen LogP contribution in [0.5, 0.6) is 0 Å². The lowest BCUT2D eigenvalue weighted by Gasteiger charge is -2.64. The van der Waals surface area contributed by atoms with E-state index in [0.29, 0.717) is 10.8 Å². The van der Waals surface area contributed by atoms with Gasteiger partial charge in [-0.1, -0.05) is 13.8 Å². The molecule has 0 aromatic carbocycles. The van der Waals surface area contributed by atoms with E-state index in [-0.39, 0.29) is 5.54 Å². The van der Waals surface area contributed by atoms with Gasteiger partial charge in [0, 0.05) is 5.54 Å². The summed E-state index contributed by atoms with van der Waals surface area (Å²) in [6.07, 6.45) is 8.27. The molecule has 5 nitrogen and oxygen atoms in total. The first-order chi connectivity index (χ1) is 8.55. The van der Waals surface area contributed by atoms with E-state index in [0.717, 1.165) is 5.92 Å². The largest absolute Gasteiger partial charge is 0.473 e. The van der Waals surface area contributed by atoms with Crippen molar-refractivity contribution in [1.82, 2.24) is 0 Å². The van der Waals surface area contributed by atoms with Gasteiger partial charge in [-0.2, -0.15) is 0 Å². The zero-order valence-corrected chi connectivity index (χ0v) is 11.6. The molecule has 108 valence electrons. The van der Waals surface area contributed by atoms with Crippen LogP contribution in [0.1, 0.15) is 52.4 Å². The number of hydrogen-bond donors (Lipinski definition) is 3. The molecule has 4 aliphatic rings. The van der Waals surface area contributed by atoms with Crippen molar-refractivity contribution >= 4 is 11.9 Å². The summed E-state index contributed by atoms with van der Waals surface area (Å²) in [7, 11) is 0. The lowest BCUT2D eigenvalue weighted by molar-refractivity contribution is -0.159. The van der Waals surface area contributed by atoms with Gasteiger partial charge in [-0.3, -0.25) is 0 Å². The van der Waals surface area contributed by atoms with Crippen molar-refractivity contribution in [3.8, 4) is 0 Å². The highest BCUT2D eigenvalue weighted by molar-refractivity contribution is 6.27. The van der Waals surface area contributed by atoms with Crippen LogP contribution in [0.15, 0.2) is 0 Å². The van der Waals surface area contributed by atoms with Gasteiger partial charge in [0.2, 0.25) is 0 Å². The van der Waals surface area contributed by atoms with Crippen molar-refractivity contribution < 1.29 is 19.8 Å². The zero-order chi connectivity index (χ0) is 14.5. The summed E-state index contributed by atoms with van der Waals surface area (Å²) in [6.45, 7) is 4.94. The second-order valence-electron chi connectivity index (χ2n) is 7.60. The zero-order valence-electron chi connectivity index (χ0n) is 11.6. The van der Waals surface area contributed by atoms with Crippen LogP contribution >= 0.6 is 0 Å². The van der Waals surface area contributed by atoms with E-state index in [1.165, 1.54) is 38.5 Å². The maximum Gasteiger partial charge on any atom is 0.414 e. The summed E-state index contributed by atoms with van der Waals surface area (Å²) in [5, 5.41) is 14.8. The molecule has 0 aromatic rings. The van der Waals surface area contributed by atoms with Crippen LogP contribution in [0.25, 0.3) is 0 Å². The normalized spacial score (nSPS) is 46.4. The number of carbonyl (C=O) groups is 2. The summed E-state index contributed by atoms with van der Waals surface area (Å²) in [6, 6.07) is 0. The Hall–Kier alpha value is -1.10. The van der Waals surface area contributed by atoms with Gasteiger partial charge in [0.15, 0.2) is 0 Å². The molecule has 2 unspecified atom stereocenters. The summed E-state index contributed by atoms with van der Waals surface area (Å²) >= 11 is 0. The molecule has 0 saturated heterocycles. The van der Waals surface area contributed by atoms with Gasteiger partial charge in [-0.25, -0.2) is 9.59 Å². The molecule has 4 aliphatic carbocycles. The van der Waals surface area contributed by atoms with E-state index in [1.807, 2.05) is 0 Å². The third kappa shape index (κ3) is 2.91. The molecular formula is C14H23NO4. The van der Waals surface area contributed by atoms with E-state index >= 15 is 0 Å². The van der Waals surface area contributed by atoms with E-state index in [4.69, 9.17) is 25.5 Å². The second kappa shape index (κ2) is 4.20. The minimum atomic E-state index is -1.82. The Labute approximate surface area is 113 Å². The summed E-state index contributed by atoms with van der Waals surface area (Å²) in [5.74, 6) is -2.69. The SMILES string of the molecule is CC12CC3CC(C)(C1)CC(N)(C3)C2.O=C(O)C(=O)O. The van der Waals surface area contributed by atoms with Crippen LogP contribution in [0.3, 0.4) is 0 Å². The van der Waals surface area contributed by atoms with Crippen molar-refractivity contribution in [2.24, 2.45) is 22.5 Å². The van der Waals surface area contributed by atoms with Gasteiger partial charge in [-0.15, -0.1) is 0 Å². The molecule has 0 aliphatic heterocycles. The van der Waals surface area contributed by atoms with Crippen LogP contribution in [0, 0.1) is 16.7 Å². The molecular weight excluding hydrogens is 246 g/mol. The second-order valence-corrected chi connectivity index (χ2v) is 7.60. The first-order valence-corrected chi connectivity index (χ1v) is 6.80. The number of nitrogens with two attached hydrogens (primary N) is 1. The van der Waals surface area contributed by atoms with Gasteiger partial charge in [0.25, 0.3) is 0 Å². The highest BCUT2D eigenvalue weighted by Gasteiger charge is 2.58. The van der Waals surface area contributed by atoms with E-state index in [2.05, 4.69) is 13.8 Å². The quantitative estimate of drug-likeness (QED) is 0.583. The molecule has 5 heteroatoms. The molecule has 2 atom stereocenters. The van der Waals surface area contributed by atoms with Crippen molar-refractivity contribution in [3.05, 3.63) is 0 Å². The van der Waals surface area contributed by atoms with Crippen LogP contribution in [0.4, 0.5) is 0 Å². The molecule has 0 amide bonds. The fourth-order valence-electron chi connectivity index (χ4n) is 5.54. The van der Waals surface area contributed by atoms with Crippen molar-refractivity contribution in [3.63, 3.8) is 0 Å². The average molecular weight is 269 g/mol. The molecule has 4 saturated carbocycles. The molecule has 0 radical (unpaired) electrons. The maximum atomic E-state index is 9.10. The molecule has 4 rings (SSSR count). The Balaban J connectivity index is 0.000000192. The lowest BCUT2D eigenvalue weighted by atomic mass is 9.43. The lowest BCUT2D eigenvalue weighted by Crippen LogP contribution is -2.62. The summed E-state index contributed by atoms with van der Waals surface area (Å²) < 4.78 is 0. The first-order valence-electron chi connectivity index (χ1n) is 6.80. The first kappa shape index (κ1) is 14.3. The number of carboxylic acid groups (broad SMARTS) is 2. The molecule has 4 N–H and O–H groups in total. The van der Waals surface area contributed by atoms with Gasteiger partial charge in [-0.05, 0) is 55.3 Å². The smallest absolute Gasteiger partial charge is 0.414 e. The predicted octanol–water partition coefficient (Wildman–Crippen LogP) is 1.85. The van der Waals surface area contributed by atoms with Crippen LogP contribution < -0.4 is 5.73 Å². The van der Waals surface area contributed by atoms with Crippen LogP contribution in [0.2, 0.25) is 0 Å². The van der Waals surface area contributed by atoms with E-state index < -0.39 is 11.9 Å². The van der Waals surface area contributed by atoms with Crippen LogP contribution in [-0.2, 0) is 9.59 Å². The van der Waals surface area contributed by atoms with Crippen LogP contribution in [-0.4, -0.2) is 27.7 Å². The Morgan fingerprint density at radius 3 is 1.63 bits per heavy atom. The molecule has 0 heterocycles. The Morgan fingerprint density at radius 2 is 1.37 bits per heavy atom. The number of carboxylic acids is 2. The van der Waals surface area contributed by atoms with Crippen molar-refractivity contribution in [1.29, 1.82) is 0 Å². The van der Waals surface area contributed by atoms with Gasteiger partial charge >= 0.3 is 11.9 Å². The fourth-order valence-corrected chi connectivity index (χ4v) is 5.54. The Morgan fingerprint density at radius 1 is 0.947 bits per heavy atom. The number of rotatable bonds is 0. The molecule has 0 spiro atoms.